The molecule has 1 rings (SSSR count). The molecular weight excluding hydrogens is 170 g/mol. The highest BCUT2D eigenvalue weighted by Crippen LogP contribution is 1.65. The van der Waals surface area contributed by atoms with Crippen LogP contribution in [0.25, 0.3) is 0 Å². The molecule has 6 nitrogen and oxygen atoms in total. The molecule has 68 valence electrons. The van der Waals surface area contributed by atoms with E-state index in [1.807, 2.05) is 0 Å². The normalized spacial score (nSPS) is 18.4. The van der Waals surface area contributed by atoms with Crippen molar-refractivity contribution < 1.29 is 13.0 Å². The molecule has 5 N–H and O–H groups in total. The van der Waals surface area contributed by atoms with E-state index in [2.05, 4.69) is 15.8 Å². The fourth-order valence-corrected chi connectivity index (χ4v) is 0.604. The standard InChI is InChI=1S/C4H10N2.H3NO3S/c1-2-6-4-3-5-1;1-5(2,3)4/h5-6H,1-4H2;(H3,1,2,3,4). The minimum absolute atomic E-state index is 1.14. The number of nitrogens with one attached hydrogen (secondary N) is 2. The first-order chi connectivity index (χ1) is 5.00. The molecule has 0 radical (unpaired) electrons. The maximum absolute atomic E-state index is 8.97. The third-order valence-electron chi connectivity index (χ3n) is 0.957. The fourth-order valence-electron chi connectivity index (χ4n) is 0.604. The molecule has 0 aromatic rings. The number of nitrogens with two attached hydrogens (primary N) is 1. The number of hydrogen-bond donors (Lipinski definition) is 4. The van der Waals surface area contributed by atoms with Gasteiger partial charge in [-0.3, -0.25) is 4.55 Å². The van der Waals surface area contributed by atoms with Gasteiger partial charge in [0.15, 0.2) is 0 Å². The first kappa shape index (κ1) is 10.8. The summed E-state index contributed by atoms with van der Waals surface area (Å²) in [7, 11) is -4.17. The van der Waals surface area contributed by atoms with Crippen molar-refractivity contribution in [3.8, 4) is 0 Å². The summed E-state index contributed by atoms with van der Waals surface area (Å²) in [6, 6.07) is 0. The summed E-state index contributed by atoms with van der Waals surface area (Å²) in [6.07, 6.45) is 0. The second-order valence-electron chi connectivity index (χ2n) is 2.01. The van der Waals surface area contributed by atoms with Crippen LogP contribution in [0, 0.1) is 0 Å². The first-order valence-corrected chi connectivity index (χ1v) is 4.67. The number of rotatable bonds is 0. The van der Waals surface area contributed by atoms with Gasteiger partial charge >= 0.3 is 10.3 Å². The lowest BCUT2D eigenvalue weighted by Gasteiger charge is -2.11. The predicted octanol–water partition coefficient (Wildman–Crippen LogP) is -2.07. The molecular formula is C4H13N3O3S. The predicted molar refractivity (Wildman–Crippen MR) is 41.5 cm³/mol. The highest BCUT2D eigenvalue weighted by molar-refractivity contribution is 7.83. The van der Waals surface area contributed by atoms with Gasteiger partial charge in [-0.1, -0.05) is 0 Å². The average Bonchev–Trinajstić information content (AvgIpc) is 1.88. The first-order valence-electron chi connectivity index (χ1n) is 3.17. The van der Waals surface area contributed by atoms with Gasteiger partial charge in [0.2, 0.25) is 0 Å². The van der Waals surface area contributed by atoms with Crippen molar-refractivity contribution in [3.63, 3.8) is 0 Å². The van der Waals surface area contributed by atoms with Crippen molar-refractivity contribution in [1.29, 1.82) is 0 Å². The fraction of sp³-hybridized carbons (Fsp3) is 1.00. The summed E-state index contributed by atoms with van der Waals surface area (Å²) in [6.45, 7) is 4.56. The minimum atomic E-state index is -4.17. The quantitative estimate of drug-likeness (QED) is 0.323. The Balaban J connectivity index is 0.000000187. The van der Waals surface area contributed by atoms with Crippen LogP contribution in [0.15, 0.2) is 0 Å². The summed E-state index contributed by atoms with van der Waals surface area (Å²) in [5.74, 6) is 0. The monoisotopic (exact) mass is 183 g/mol. The van der Waals surface area contributed by atoms with Crippen molar-refractivity contribution in [2.45, 2.75) is 0 Å². The Kier molecular flexibility index (Phi) is 5.34. The maximum Gasteiger partial charge on any atom is 0.330 e. The molecule has 0 spiro atoms. The minimum Gasteiger partial charge on any atom is -0.314 e. The van der Waals surface area contributed by atoms with Crippen LogP contribution in [0.5, 0.6) is 0 Å². The van der Waals surface area contributed by atoms with Gasteiger partial charge in [0.05, 0.1) is 0 Å². The van der Waals surface area contributed by atoms with Crippen molar-refractivity contribution in [1.82, 2.24) is 10.6 Å². The molecule has 1 aliphatic rings. The SMILES string of the molecule is C1CNCCN1.NS(=O)(=O)O. The summed E-state index contributed by atoms with van der Waals surface area (Å²) < 4.78 is 25.2. The van der Waals surface area contributed by atoms with Crippen LogP contribution < -0.4 is 15.8 Å². The molecule has 0 unspecified atom stereocenters. The van der Waals surface area contributed by atoms with Gasteiger partial charge in [0.1, 0.15) is 0 Å². The third kappa shape index (κ3) is 17.7. The van der Waals surface area contributed by atoms with Crippen molar-refractivity contribution in [2.24, 2.45) is 5.14 Å². The van der Waals surface area contributed by atoms with Crippen LogP contribution in [-0.4, -0.2) is 39.1 Å². The van der Waals surface area contributed by atoms with Crippen LogP contribution in [0.4, 0.5) is 0 Å². The molecule has 7 heteroatoms. The molecule has 1 fully saturated rings. The Morgan fingerprint density at radius 2 is 1.27 bits per heavy atom. The Labute approximate surface area is 66.0 Å². The largest absolute Gasteiger partial charge is 0.330 e. The zero-order valence-corrected chi connectivity index (χ0v) is 6.89. The zero-order valence-electron chi connectivity index (χ0n) is 6.08. The molecule has 1 heterocycles. The number of piperazine rings is 1. The van der Waals surface area contributed by atoms with Crippen LogP contribution in [0.3, 0.4) is 0 Å². The molecule has 0 bridgehead atoms. The smallest absolute Gasteiger partial charge is 0.314 e. The summed E-state index contributed by atoms with van der Waals surface area (Å²) >= 11 is 0. The van der Waals surface area contributed by atoms with Crippen LogP contribution in [-0.2, 0) is 10.3 Å². The van der Waals surface area contributed by atoms with E-state index in [1.165, 1.54) is 0 Å². The molecule has 1 saturated heterocycles. The van der Waals surface area contributed by atoms with E-state index in [4.69, 9.17) is 13.0 Å². The van der Waals surface area contributed by atoms with Gasteiger partial charge in [-0.2, -0.15) is 8.42 Å². The highest BCUT2D eigenvalue weighted by Gasteiger charge is 1.91. The zero-order chi connectivity index (χ0) is 8.74. The molecule has 0 amide bonds. The Morgan fingerprint density at radius 3 is 1.36 bits per heavy atom. The van der Waals surface area contributed by atoms with Gasteiger partial charge < -0.3 is 10.6 Å². The van der Waals surface area contributed by atoms with E-state index in [0.29, 0.717) is 0 Å². The van der Waals surface area contributed by atoms with E-state index in [0.717, 1.165) is 26.2 Å². The van der Waals surface area contributed by atoms with Crippen molar-refractivity contribution in [3.05, 3.63) is 0 Å². The van der Waals surface area contributed by atoms with Gasteiger partial charge in [-0.25, -0.2) is 5.14 Å². The molecule has 0 aliphatic carbocycles. The summed E-state index contributed by atoms with van der Waals surface area (Å²) in [5.41, 5.74) is 0. The summed E-state index contributed by atoms with van der Waals surface area (Å²) in [4.78, 5) is 0. The second kappa shape index (κ2) is 5.44. The van der Waals surface area contributed by atoms with Crippen LogP contribution in [0.1, 0.15) is 0 Å². The van der Waals surface area contributed by atoms with Gasteiger partial charge in [0, 0.05) is 26.2 Å². The molecule has 1 aliphatic heterocycles. The molecule has 0 aromatic heterocycles. The number of hydrogen-bond acceptors (Lipinski definition) is 4. The average molecular weight is 183 g/mol. The molecule has 0 atom stereocenters. The van der Waals surface area contributed by atoms with Crippen molar-refractivity contribution >= 4 is 10.3 Å². The van der Waals surface area contributed by atoms with E-state index < -0.39 is 10.3 Å². The Hall–Kier alpha value is -0.210. The van der Waals surface area contributed by atoms with E-state index in [-0.39, 0.29) is 0 Å². The lowest BCUT2D eigenvalue weighted by atomic mass is 10.4. The van der Waals surface area contributed by atoms with Crippen LogP contribution >= 0.6 is 0 Å². The third-order valence-corrected chi connectivity index (χ3v) is 0.957. The highest BCUT2D eigenvalue weighted by atomic mass is 32.2. The van der Waals surface area contributed by atoms with E-state index >= 15 is 0 Å². The molecule has 11 heavy (non-hydrogen) atoms. The summed E-state index contributed by atoms with van der Waals surface area (Å²) in [5, 5.41) is 10.3. The van der Waals surface area contributed by atoms with Gasteiger partial charge in [0.25, 0.3) is 0 Å². The lowest BCUT2D eigenvalue weighted by Crippen LogP contribution is -2.39. The van der Waals surface area contributed by atoms with Gasteiger partial charge in [-0.05, 0) is 0 Å². The lowest BCUT2D eigenvalue weighted by molar-refractivity contribution is 0.485. The molecule has 0 aromatic carbocycles. The Bertz CT molecular complexity index is 156. The van der Waals surface area contributed by atoms with Crippen molar-refractivity contribution in [2.75, 3.05) is 26.2 Å². The van der Waals surface area contributed by atoms with E-state index in [1.54, 1.807) is 0 Å². The molecule has 0 saturated carbocycles. The van der Waals surface area contributed by atoms with Crippen LogP contribution in [0.2, 0.25) is 0 Å². The maximum atomic E-state index is 8.97. The second-order valence-corrected chi connectivity index (χ2v) is 3.04. The van der Waals surface area contributed by atoms with Gasteiger partial charge in [-0.15, -0.1) is 0 Å². The topological polar surface area (TPSA) is 104 Å². The van der Waals surface area contributed by atoms with E-state index in [9.17, 15) is 0 Å². The Morgan fingerprint density at radius 1 is 1.09 bits per heavy atom.